The summed E-state index contributed by atoms with van der Waals surface area (Å²) in [5.74, 6) is 0.807. The Morgan fingerprint density at radius 1 is 0.971 bits per heavy atom. The van der Waals surface area contributed by atoms with Gasteiger partial charge in [0.1, 0.15) is 5.75 Å². The minimum absolute atomic E-state index is 0.0959. The molecule has 8 heteroatoms. The van der Waals surface area contributed by atoms with Gasteiger partial charge in [-0.2, -0.15) is 0 Å². The second-order valence-corrected chi connectivity index (χ2v) is 11.2. The van der Waals surface area contributed by atoms with Crippen LogP contribution in [-0.2, 0) is 21.2 Å². The maximum atomic E-state index is 13.2. The highest BCUT2D eigenvalue weighted by Crippen LogP contribution is 2.24. The number of carbonyl (C=O) groups excluding carboxylic acids is 1. The van der Waals surface area contributed by atoms with Crippen molar-refractivity contribution in [2.45, 2.75) is 25.7 Å². The molecule has 7 nitrogen and oxygen atoms in total. The van der Waals surface area contributed by atoms with E-state index in [2.05, 4.69) is 4.90 Å². The Kier molecular flexibility index (Phi) is 8.11. The van der Waals surface area contributed by atoms with Crippen LogP contribution >= 0.6 is 0 Å². The van der Waals surface area contributed by atoms with Gasteiger partial charge in [0.05, 0.1) is 18.8 Å². The number of piperidine rings is 1. The molecule has 2 aromatic rings. The summed E-state index contributed by atoms with van der Waals surface area (Å²) >= 11 is 0. The van der Waals surface area contributed by atoms with Gasteiger partial charge in [0.25, 0.3) is 0 Å². The summed E-state index contributed by atoms with van der Waals surface area (Å²) in [5, 5.41) is 0. The number of nitrogens with zero attached hydrogens (tertiary/aromatic N) is 3. The summed E-state index contributed by atoms with van der Waals surface area (Å²) in [6.07, 6.45) is 2.83. The van der Waals surface area contributed by atoms with Crippen LogP contribution in [0.5, 0.6) is 5.75 Å². The van der Waals surface area contributed by atoms with E-state index in [1.165, 1.54) is 0 Å². The Labute approximate surface area is 203 Å². The van der Waals surface area contributed by atoms with Crippen LogP contribution in [-0.4, -0.2) is 75.7 Å². The van der Waals surface area contributed by atoms with Crippen molar-refractivity contribution in [1.82, 2.24) is 9.21 Å². The molecule has 34 heavy (non-hydrogen) atoms. The Morgan fingerprint density at radius 2 is 1.68 bits per heavy atom. The molecule has 1 atom stereocenters. The zero-order valence-electron chi connectivity index (χ0n) is 19.9. The van der Waals surface area contributed by atoms with Crippen molar-refractivity contribution in [2.75, 3.05) is 57.0 Å². The SMILES string of the molecule is COc1ccc(N2CCN(C(=O)[C@H]3CCCN(S(=O)(=O)CCCc4ccccc4)C3)CC2)cc1. The summed E-state index contributed by atoms with van der Waals surface area (Å²) in [6.45, 7) is 3.68. The number of aryl methyl sites for hydroxylation is 1. The van der Waals surface area contributed by atoms with Crippen molar-refractivity contribution in [3.05, 3.63) is 60.2 Å². The Hall–Kier alpha value is -2.58. The fourth-order valence-corrected chi connectivity index (χ4v) is 6.45. The summed E-state index contributed by atoms with van der Waals surface area (Å²) in [7, 11) is -1.70. The van der Waals surface area contributed by atoms with Crippen molar-refractivity contribution in [1.29, 1.82) is 0 Å². The van der Waals surface area contributed by atoms with Gasteiger partial charge in [-0.15, -0.1) is 0 Å². The van der Waals surface area contributed by atoms with E-state index in [0.717, 1.165) is 49.4 Å². The van der Waals surface area contributed by atoms with E-state index < -0.39 is 10.0 Å². The third-order valence-corrected chi connectivity index (χ3v) is 8.79. The lowest BCUT2D eigenvalue weighted by Gasteiger charge is -2.39. The van der Waals surface area contributed by atoms with E-state index in [-0.39, 0.29) is 17.6 Å². The summed E-state index contributed by atoms with van der Waals surface area (Å²) in [5.41, 5.74) is 2.27. The van der Waals surface area contributed by atoms with Crippen LogP contribution < -0.4 is 9.64 Å². The molecule has 2 saturated heterocycles. The standard InChI is InChI=1S/C26H35N3O4S/c1-33-25-13-11-24(12-14-25)27-16-18-28(19-17-27)26(30)23-10-5-15-29(21-23)34(31,32)20-6-9-22-7-3-2-4-8-22/h2-4,7-8,11-14,23H,5-6,9-10,15-21H2,1H3/t23-/m0/s1. The fraction of sp³-hybridized carbons (Fsp3) is 0.500. The highest BCUT2D eigenvalue weighted by Gasteiger charge is 2.35. The van der Waals surface area contributed by atoms with E-state index in [1.54, 1.807) is 11.4 Å². The van der Waals surface area contributed by atoms with Gasteiger partial charge < -0.3 is 14.5 Å². The van der Waals surface area contributed by atoms with Crippen LogP contribution in [0.4, 0.5) is 5.69 Å². The van der Waals surface area contributed by atoms with E-state index in [9.17, 15) is 13.2 Å². The number of hydrogen-bond acceptors (Lipinski definition) is 5. The number of carbonyl (C=O) groups is 1. The second-order valence-electron chi connectivity index (χ2n) is 9.11. The van der Waals surface area contributed by atoms with Crippen molar-refractivity contribution in [3.8, 4) is 5.75 Å². The second kappa shape index (κ2) is 11.2. The molecular formula is C26H35N3O4S. The third-order valence-electron chi connectivity index (χ3n) is 6.87. The number of anilines is 1. The molecule has 0 saturated carbocycles. The maximum Gasteiger partial charge on any atom is 0.227 e. The molecular weight excluding hydrogens is 450 g/mol. The quantitative estimate of drug-likeness (QED) is 0.575. The lowest BCUT2D eigenvalue weighted by molar-refractivity contribution is -0.137. The number of amides is 1. The lowest BCUT2D eigenvalue weighted by atomic mass is 9.97. The summed E-state index contributed by atoms with van der Waals surface area (Å²) in [4.78, 5) is 17.4. The van der Waals surface area contributed by atoms with E-state index in [0.29, 0.717) is 32.6 Å². The van der Waals surface area contributed by atoms with Crippen LogP contribution in [0.25, 0.3) is 0 Å². The van der Waals surface area contributed by atoms with Crippen LogP contribution in [0.1, 0.15) is 24.8 Å². The molecule has 0 bridgehead atoms. The molecule has 0 unspecified atom stereocenters. The molecule has 0 aromatic heterocycles. The number of piperazine rings is 1. The van der Waals surface area contributed by atoms with E-state index >= 15 is 0 Å². The number of sulfonamides is 1. The highest BCUT2D eigenvalue weighted by molar-refractivity contribution is 7.89. The molecule has 184 valence electrons. The van der Waals surface area contributed by atoms with Crippen LogP contribution in [0, 0.1) is 5.92 Å². The average Bonchev–Trinajstić information content (AvgIpc) is 2.89. The van der Waals surface area contributed by atoms with Gasteiger partial charge in [-0.05, 0) is 55.5 Å². The normalized spacial score (nSPS) is 19.7. The van der Waals surface area contributed by atoms with Crippen molar-refractivity contribution >= 4 is 21.6 Å². The van der Waals surface area contributed by atoms with Crippen LogP contribution in [0.2, 0.25) is 0 Å². The van der Waals surface area contributed by atoms with Crippen LogP contribution in [0.15, 0.2) is 54.6 Å². The van der Waals surface area contributed by atoms with Gasteiger partial charge in [-0.1, -0.05) is 30.3 Å². The lowest BCUT2D eigenvalue weighted by Crippen LogP contribution is -2.53. The fourth-order valence-electron chi connectivity index (χ4n) is 4.87. The van der Waals surface area contributed by atoms with Gasteiger partial charge in [0, 0.05) is 45.0 Å². The molecule has 2 aliphatic rings. The third kappa shape index (κ3) is 6.10. The smallest absolute Gasteiger partial charge is 0.227 e. The molecule has 0 aliphatic carbocycles. The van der Waals surface area contributed by atoms with Crippen molar-refractivity contribution in [2.24, 2.45) is 5.92 Å². The molecule has 0 spiro atoms. The first-order chi connectivity index (χ1) is 16.5. The maximum absolute atomic E-state index is 13.2. The molecule has 0 radical (unpaired) electrons. The first kappa shape index (κ1) is 24.5. The predicted octanol–water partition coefficient (Wildman–Crippen LogP) is 3.02. The van der Waals surface area contributed by atoms with E-state index in [4.69, 9.17) is 4.74 Å². The number of ether oxygens (including phenoxy) is 1. The first-order valence-electron chi connectivity index (χ1n) is 12.2. The van der Waals surface area contributed by atoms with Gasteiger partial charge in [0.15, 0.2) is 0 Å². The topological polar surface area (TPSA) is 70.2 Å². The Balaban J connectivity index is 1.27. The molecule has 2 heterocycles. The van der Waals surface area contributed by atoms with E-state index in [1.807, 2.05) is 59.5 Å². The monoisotopic (exact) mass is 485 g/mol. The number of rotatable bonds is 8. The molecule has 2 aliphatic heterocycles. The summed E-state index contributed by atoms with van der Waals surface area (Å²) in [6, 6.07) is 17.9. The largest absolute Gasteiger partial charge is 0.497 e. The summed E-state index contributed by atoms with van der Waals surface area (Å²) < 4.78 is 32.7. The first-order valence-corrected chi connectivity index (χ1v) is 13.8. The zero-order valence-corrected chi connectivity index (χ0v) is 20.8. The number of benzene rings is 2. The average molecular weight is 486 g/mol. The zero-order chi connectivity index (χ0) is 24.0. The minimum Gasteiger partial charge on any atom is -0.497 e. The van der Waals surface area contributed by atoms with Gasteiger partial charge in [-0.25, -0.2) is 12.7 Å². The van der Waals surface area contributed by atoms with Crippen LogP contribution in [0.3, 0.4) is 0 Å². The predicted molar refractivity (Wildman–Crippen MR) is 135 cm³/mol. The van der Waals surface area contributed by atoms with Crippen molar-refractivity contribution in [3.63, 3.8) is 0 Å². The van der Waals surface area contributed by atoms with Gasteiger partial charge in [-0.3, -0.25) is 4.79 Å². The van der Waals surface area contributed by atoms with Crippen molar-refractivity contribution < 1.29 is 17.9 Å². The van der Waals surface area contributed by atoms with Gasteiger partial charge >= 0.3 is 0 Å². The Morgan fingerprint density at radius 3 is 2.35 bits per heavy atom. The minimum atomic E-state index is -3.36. The molecule has 2 aromatic carbocycles. The highest BCUT2D eigenvalue weighted by atomic mass is 32.2. The Bertz CT molecular complexity index is 1040. The van der Waals surface area contributed by atoms with Gasteiger partial charge in [0.2, 0.25) is 15.9 Å². The number of hydrogen-bond donors (Lipinski definition) is 0. The number of methoxy groups -OCH3 is 1. The molecule has 0 N–H and O–H groups in total. The molecule has 4 rings (SSSR count). The molecule has 2 fully saturated rings. The molecule has 1 amide bonds.